The van der Waals surface area contributed by atoms with Crippen LogP contribution >= 0.6 is 11.8 Å². The van der Waals surface area contributed by atoms with E-state index in [4.69, 9.17) is 0 Å². The summed E-state index contributed by atoms with van der Waals surface area (Å²) in [6.45, 7) is 4.91. The van der Waals surface area contributed by atoms with Crippen LogP contribution in [0.5, 0.6) is 0 Å². The van der Waals surface area contributed by atoms with Crippen LogP contribution < -0.4 is 5.32 Å². The van der Waals surface area contributed by atoms with Gasteiger partial charge < -0.3 is 5.32 Å². The average Bonchev–Trinajstić information content (AvgIpc) is 1.89. The van der Waals surface area contributed by atoms with E-state index in [1.54, 1.807) is 0 Å². The zero-order chi connectivity index (χ0) is 7.82. The molecule has 10 heavy (non-hydrogen) atoms. The predicted octanol–water partition coefficient (Wildman–Crippen LogP) is 2.25. The van der Waals surface area contributed by atoms with Crippen LogP contribution in [0.15, 0.2) is 0 Å². The van der Waals surface area contributed by atoms with Crippen LogP contribution in [-0.2, 0) is 0 Å². The van der Waals surface area contributed by atoms with E-state index in [9.17, 15) is 4.79 Å². The molecule has 0 aromatic rings. The van der Waals surface area contributed by atoms with Crippen molar-refractivity contribution in [1.82, 2.24) is 5.32 Å². The quantitative estimate of drug-likeness (QED) is 0.641. The molecule has 0 aliphatic heterocycles. The molecule has 2 nitrogen and oxygen atoms in total. The lowest BCUT2D eigenvalue weighted by atomic mass is 10.3. The standard InChI is InChI=1S/C7H15NOS/c1-3-5-6-8-7(9)10-4-2/h3-6H2,1-2H3,(H,8,9). The minimum atomic E-state index is 0.107. The fourth-order valence-corrected chi connectivity index (χ4v) is 1.02. The molecule has 0 radical (unpaired) electrons. The maximum absolute atomic E-state index is 10.8. The molecular formula is C7H15NOS. The first kappa shape index (κ1) is 9.82. The fourth-order valence-electron chi connectivity index (χ4n) is 0.549. The summed E-state index contributed by atoms with van der Waals surface area (Å²) in [5.41, 5.74) is 0. The first-order valence-electron chi connectivity index (χ1n) is 3.71. The van der Waals surface area contributed by atoms with E-state index < -0.39 is 0 Å². The number of carbonyl (C=O) groups is 1. The van der Waals surface area contributed by atoms with Crippen LogP contribution in [-0.4, -0.2) is 17.5 Å². The summed E-state index contributed by atoms with van der Waals surface area (Å²) < 4.78 is 0. The van der Waals surface area contributed by atoms with Crippen molar-refractivity contribution < 1.29 is 4.79 Å². The molecule has 0 spiro atoms. The summed E-state index contributed by atoms with van der Waals surface area (Å²) in [4.78, 5) is 10.8. The molecule has 0 aromatic heterocycles. The third-order valence-corrected chi connectivity index (χ3v) is 1.77. The Morgan fingerprint density at radius 1 is 1.50 bits per heavy atom. The van der Waals surface area contributed by atoms with Gasteiger partial charge >= 0.3 is 0 Å². The van der Waals surface area contributed by atoms with Crippen LogP contribution in [0.25, 0.3) is 0 Å². The Kier molecular flexibility index (Phi) is 6.81. The molecule has 0 aliphatic carbocycles. The van der Waals surface area contributed by atoms with Crippen molar-refractivity contribution in [3.8, 4) is 0 Å². The number of nitrogens with one attached hydrogen (secondary N) is 1. The maximum atomic E-state index is 10.8. The van der Waals surface area contributed by atoms with E-state index in [0.717, 1.165) is 25.1 Å². The Hall–Kier alpha value is -0.180. The normalized spacial score (nSPS) is 9.40. The van der Waals surface area contributed by atoms with Crippen molar-refractivity contribution in [2.75, 3.05) is 12.3 Å². The third-order valence-electron chi connectivity index (χ3n) is 1.08. The Bertz CT molecular complexity index is 95.6. The Balaban J connectivity index is 3.05. The number of thioether (sulfide) groups is 1. The van der Waals surface area contributed by atoms with Crippen LogP contribution in [0.3, 0.4) is 0 Å². The van der Waals surface area contributed by atoms with Gasteiger partial charge in [-0.25, -0.2) is 0 Å². The van der Waals surface area contributed by atoms with Gasteiger partial charge in [0.2, 0.25) is 0 Å². The van der Waals surface area contributed by atoms with Gasteiger partial charge in [-0.3, -0.25) is 4.79 Å². The molecule has 0 saturated carbocycles. The summed E-state index contributed by atoms with van der Waals surface area (Å²) in [7, 11) is 0. The van der Waals surface area contributed by atoms with Crippen molar-refractivity contribution >= 4 is 17.0 Å². The van der Waals surface area contributed by atoms with Gasteiger partial charge in [0.1, 0.15) is 0 Å². The second kappa shape index (κ2) is 6.93. The Morgan fingerprint density at radius 2 is 2.20 bits per heavy atom. The molecule has 0 rings (SSSR count). The molecule has 0 saturated heterocycles. The molecular weight excluding hydrogens is 146 g/mol. The summed E-state index contributed by atoms with van der Waals surface area (Å²) in [6.07, 6.45) is 2.22. The van der Waals surface area contributed by atoms with Crippen LogP contribution in [0.2, 0.25) is 0 Å². The van der Waals surface area contributed by atoms with Gasteiger partial charge in [-0.2, -0.15) is 0 Å². The van der Waals surface area contributed by atoms with E-state index in [1.807, 2.05) is 6.92 Å². The fraction of sp³-hybridized carbons (Fsp3) is 0.857. The van der Waals surface area contributed by atoms with Gasteiger partial charge in [0.05, 0.1) is 0 Å². The number of carbonyl (C=O) groups excluding carboxylic acids is 1. The Labute approximate surface area is 66.8 Å². The highest BCUT2D eigenvalue weighted by Crippen LogP contribution is 1.98. The molecule has 0 aliphatic rings. The molecule has 1 N–H and O–H groups in total. The summed E-state index contributed by atoms with van der Waals surface area (Å²) in [5, 5.41) is 2.92. The lowest BCUT2D eigenvalue weighted by Gasteiger charge is -2.00. The molecule has 0 bridgehead atoms. The highest BCUT2D eigenvalue weighted by Gasteiger charge is 1.95. The van der Waals surface area contributed by atoms with Gasteiger partial charge in [-0.15, -0.1) is 0 Å². The van der Waals surface area contributed by atoms with Crippen LogP contribution in [0.4, 0.5) is 4.79 Å². The lowest BCUT2D eigenvalue weighted by Crippen LogP contribution is -2.19. The highest BCUT2D eigenvalue weighted by molar-refractivity contribution is 8.13. The summed E-state index contributed by atoms with van der Waals surface area (Å²) in [5.74, 6) is 0.859. The molecule has 0 fully saturated rings. The number of hydrogen-bond acceptors (Lipinski definition) is 2. The molecule has 0 aromatic carbocycles. The van der Waals surface area contributed by atoms with E-state index in [-0.39, 0.29) is 5.24 Å². The molecule has 3 heteroatoms. The predicted molar refractivity (Wildman–Crippen MR) is 46.4 cm³/mol. The molecule has 60 valence electrons. The number of amides is 1. The second-order valence-corrected chi connectivity index (χ2v) is 3.24. The van der Waals surface area contributed by atoms with Gasteiger partial charge in [0.25, 0.3) is 5.24 Å². The zero-order valence-electron chi connectivity index (χ0n) is 6.64. The van der Waals surface area contributed by atoms with E-state index in [0.29, 0.717) is 0 Å². The van der Waals surface area contributed by atoms with E-state index in [1.165, 1.54) is 11.8 Å². The van der Waals surface area contributed by atoms with Crippen molar-refractivity contribution in [2.24, 2.45) is 0 Å². The molecule has 1 amide bonds. The SMILES string of the molecule is CCCCNC(=O)SCC. The Morgan fingerprint density at radius 3 is 2.70 bits per heavy atom. The van der Waals surface area contributed by atoms with Gasteiger partial charge in [-0.1, -0.05) is 32.0 Å². The first-order valence-corrected chi connectivity index (χ1v) is 4.70. The largest absolute Gasteiger partial charge is 0.347 e. The third kappa shape index (κ3) is 5.95. The lowest BCUT2D eigenvalue weighted by molar-refractivity contribution is 0.260. The van der Waals surface area contributed by atoms with Gasteiger partial charge in [0, 0.05) is 6.54 Å². The number of rotatable bonds is 4. The van der Waals surface area contributed by atoms with Crippen molar-refractivity contribution in [3.05, 3.63) is 0 Å². The second-order valence-electron chi connectivity index (χ2n) is 2.00. The highest BCUT2D eigenvalue weighted by atomic mass is 32.2. The minimum absolute atomic E-state index is 0.107. The summed E-state index contributed by atoms with van der Waals surface area (Å²) >= 11 is 1.33. The van der Waals surface area contributed by atoms with Crippen LogP contribution in [0, 0.1) is 0 Å². The monoisotopic (exact) mass is 161 g/mol. The smallest absolute Gasteiger partial charge is 0.279 e. The van der Waals surface area contributed by atoms with Gasteiger partial charge in [-0.05, 0) is 12.2 Å². The van der Waals surface area contributed by atoms with E-state index >= 15 is 0 Å². The van der Waals surface area contributed by atoms with Gasteiger partial charge in [0.15, 0.2) is 0 Å². The zero-order valence-corrected chi connectivity index (χ0v) is 7.46. The molecule has 0 atom stereocenters. The summed E-state index contributed by atoms with van der Waals surface area (Å²) in [6, 6.07) is 0. The molecule has 0 heterocycles. The van der Waals surface area contributed by atoms with Crippen LogP contribution in [0.1, 0.15) is 26.7 Å². The topological polar surface area (TPSA) is 29.1 Å². The van der Waals surface area contributed by atoms with Crippen molar-refractivity contribution in [2.45, 2.75) is 26.7 Å². The molecule has 0 unspecified atom stereocenters. The van der Waals surface area contributed by atoms with E-state index in [2.05, 4.69) is 12.2 Å². The number of hydrogen-bond donors (Lipinski definition) is 1. The maximum Gasteiger partial charge on any atom is 0.279 e. The first-order chi connectivity index (χ1) is 4.81. The van der Waals surface area contributed by atoms with Crippen molar-refractivity contribution in [3.63, 3.8) is 0 Å². The number of unbranched alkanes of at least 4 members (excludes halogenated alkanes) is 1. The average molecular weight is 161 g/mol. The van der Waals surface area contributed by atoms with Crippen molar-refractivity contribution in [1.29, 1.82) is 0 Å². The minimum Gasteiger partial charge on any atom is -0.347 e.